The van der Waals surface area contributed by atoms with Crippen molar-refractivity contribution in [2.45, 2.75) is 0 Å². The number of benzene rings is 8. The van der Waals surface area contributed by atoms with Gasteiger partial charge < -0.3 is 10.2 Å². The van der Waals surface area contributed by atoms with E-state index < -0.39 is 32.0 Å². The van der Waals surface area contributed by atoms with E-state index in [0.29, 0.717) is 0 Å². The topological polar surface area (TPSA) is 75.8 Å². The molecule has 0 aromatic heterocycles. The number of nitrogens with zero attached hydrogens (tertiary/aromatic N) is 4. The Morgan fingerprint density at radius 3 is 0.697 bits per heavy atom. The first kappa shape index (κ1) is 47.4. The Balaban J connectivity index is 1.37. The standard InChI is InChI=1S/C54H40N4P4S4/c55-41-63-53(59(43-25-9-1-10-26-43)44-27-11-2-12-28-44)51(57-61(47-33-17-5-18-34-47)48-35-19-6-20-36-48)65-66-52(58-62(49-37-21-7-22-38-49)50-39-23-8-24-40-50)54(64-42-56)60(45-29-13-3-14-30-45)46-31-15-4-16-32-46/h1-40H/q-2/b53-51-,54-52-. The first-order valence-electron chi connectivity index (χ1n) is 20.7. The molecule has 4 nitrogen and oxygen atoms in total. The molecule has 66 heavy (non-hydrogen) atoms. The van der Waals surface area contributed by atoms with E-state index in [1.165, 1.54) is 23.5 Å². The maximum atomic E-state index is 10.8. The highest BCUT2D eigenvalue weighted by atomic mass is 33.1. The zero-order chi connectivity index (χ0) is 45.2. The maximum Gasteiger partial charge on any atom is 0.138 e. The molecule has 0 heterocycles. The van der Waals surface area contributed by atoms with E-state index in [9.17, 15) is 10.5 Å². The van der Waals surface area contributed by atoms with Gasteiger partial charge in [0, 0.05) is 9.29 Å². The Hall–Kier alpha value is -5.06. The molecule has 0 spiro atoms. The van der Waals surface area contributed by atoms with Gasteiger partial charge in [0.25, 0.3) is 0 Å². The van der Waals surface area contributed by atoms with E-state index in [4.69, 9.17) is 10.2 Å². The molecule has 0 bridgehead atoms. The summed E-state index contributed by atoms with van der Waals surface area (Å²) in [5.41, 5.74) is 0. The number of nitriles is 2. The number of thiocyanates is 2. The van der Waals surface area contributed by atoms with Crippen LogP contribution in [0.4, 0.5) is 0 Å². The van der Waals surface area contributed by atoms with Crippen molar-refractivity contribution >= 4 is 120 Å². The van der Waals surface area contributed by atoms with Crippen molar-refractivity contribution in [3.8, 4) is 10.8 Å². The van der Waals surface area contributed by atoms with Crippen molar-refractivity contribution < 1.29 is 0 Å². The lowest BCUT2D eigenvalue weighted by molar-refractivity contribution is 1.57. The second-order valence-electron chi connectivity index (χ2n) is 14.0. The molecular weight excluding hydrogens is 957 g/mol. The van der Waals surface area contributed by atoms with Crippen LogP contribution in [0, 0.1) is 21.3 Å². The second-order valence-corrected chi connectivity index (χ2v) is 26.3. The second kappa shape index (κ2) is 25.2. The van der Waals surface area contributed by atoms with Crippen LogP contribution in [0.3, 0.4) is 0 Å². The van der Waals surface area contributed by atoms with Crippen molar-refractivity contribution in [3.63, 3.8) is 0 Å². The Morgan fingerprint density at radius 2 is 0.500 bits per heavy atom. The number of hydrogen-bond acceptors (Lipinski definition) is 6. The molecule has 12 heteroatoms. The summed E-state index contributed by atoms with van der Waals surface area (Å²) in [5.74, 6) is 0. The first-order valence-corrected chi connectivity index (χ1v) is 29.8. The fourth-order valence-electron chi connectivity index (χ4n) is 6.79. The van der Waals surface area contributed by atoms with E-state index >= 15 is 0 Å². The van der Waals surface area contributed by atoms with E-state index in [1.54, 1.807) is 21.6 Å². The van der Waals surface area contributed by atoms with Crippen LogP contribution in [-0.4, -0.2) is 0 Å². The summed E-state index contributed by atoms with van der Waals surface area (Å²) in [4.78, 5) is 0. The van der Waals surface area contributed by atoms with Crippen LogP contribution in [0.5, 0.6) is 0 Å². The molecule has 0 aliphatic heterocycles. The molecule has 0 saturated heterocycles. The molecule has 322 valence electrons. The summed E-state index contributed by atoms with van der Waals surface area (Å²) >= 11 is 2.39. The van der Waals surface area contributed by atoms with Gasteiger partial charge in [0.05, 0.1) is 0 Å². The zero-order valence-electron chi connectivity index (χ0n) is 35.3. The monoisotopic (exact) mass is 996 g/mol. The lowest BCUT2D eigenvalue weighted by atomic mass is 10.4. The van der Waals surface area contributed by atoms with Crippen LogP contribution in [-0.2, 0) is 0 Å². The van der Waals surface area contributed by atoms with Crippen molar-refractivity contribution in [3.05, 3.63) is 272 Å². The van der Waals surface area contributed by atoms with Crippen LogP contribution in [0.25, 0.3) is 10.2 Å². The highest BCUT2D eigenvalue weighted by Crippen LogP contribution is 2.64. The lowest BCUT2D eigenvalue weighted by Crippen LogP contribution is -2.14. The Morgan fingerprint density at radius 1 is 0.303 bits per heavy atom. The molecule has 0 fully saturated rings. The molecule has 0 amide bonds. The van der Waals surface area contributed by atoms with Gasteiger partial charge in [-0.05, 0) is 81.8 Å². The minimum atomic E-state index is -1.30. The van der Waals surface area contributed by atoms with Crippen LogP contribution in [0.1, 0.15) is 0 Å². The van der Waals surface area contributed by atoms with Crippen LogP contribution in [0.2, 0.25) is 0 Å². The quantitative estimate of drug-likeness (QED) is 0.0456. The maximum absolute atomic E-state index is 10.8. The van der Waals surface area contributed by atoms with Gasteiger partial charge in [-0.3, -0.25) is 0 Å². The number of hydrogen-bond donors (Lipinski definition) is 0. The van der Waals surface area contributed by atoms with Crippen molar-refractivity contribution in [2.24, 2.45) is 0 Å². The van der Waals surface area contributed by atoms with Gasteiger partial charge in [-0.1, -0.05) is 274 Å². The van der Waals surface area contributed by atoms with E-state index in [2.05, 4.69) is 205 Å². The molecule has 0 aliphatic carbocycles. The summed E-state index contributed by atoms with van der Waals surface area (Å²) in [5, 5.41) is 48.7. The molecule has 0 radical (unpaired) electrons. The third-order valence-electron chi connectivity index (χ3n) is 9.70. The van der Waals surface area contributed by atoms with Crippen molar-refractivity contribution in [2.75, 3.05) is 0 Å². The molecule has 8 aromatic carbocycles. The SMILES string of the molecule is N#CS/C(=C(/[N-]P(c1ccccc1)c1ccccc1)SS/C([N-]P(c1ccccc1)c1ccccc1)=C(\SC#N)P(c1ccccc1)c1ccccc1)P(c1ccccc1)c1ccccc1. The molecule has 0 saturated carbocycles. The zero-order valence-corrected chi connectivity index (χ0v) is 42.1. The fourth-order valence-corrected chi connectivity index (χ4v) is 21.7. The van der Waals surface area contributed by atoms with Gasteiger partial charge in [-0.2, -0.15) is 10.5 Å². The minimum Gasteiger partial charge on any atom is -0.646 e. The Kier molecular flexibility index (Phi) is 18.1. The van der Waals surface area contributed by atoms with E-state index in [-0.39, 0.29) is 0 Å². The van der Waals surface area contributed by atoms with Gasteiger partial charge in [0.15, 0.2) is 0 Å². The van der Waals surface area contributed by atoms with Crippen LogP contribution >= 0.6 is 77.1 Å². The molecule has 0 aliphatic rings. The Labute approximate surface area is 410 Å². The average Bonchev–Trinajstić information content (AvgIpc) is 3.39. The lowest BCUT2D eigenvalue weighted by Gasteiger charge is -2.41. The van der Waals surface area contributed by atoms with Crippen LogP contribution in [0.15, 0.2) is 262 Å². The highest BCUT2D eigenvalue weighted by Gasteiger charge is 2.25. The van der Waals surface area contributed by atoms with Gasteiger partial charge in [0.1, 0.15) is 10.8 Å². The van der Waals surface area contributed by atoms with E-state index in [0.717, 1.165) is 61.8 Å². The third-order valence-corrected chi connectivity index (χ3v) is 23.8. The predicted octanol–water partition coefficient (Wildman–Crippen LogP) is 14.2. The third kappa shape index (κ3) is 12.5. The van der Waals surface area contributed by atoms with Crippen LogP contribution < -0.4 is 42.4 Å². The molecule has 0 N–H and O–H groups in total. The normalized spacial score (nSPS) is 12.0. The van der Waals surface area contributed by atoms with Crippen molar-refractivity contribution in [1.29, 1.82) is 10.5 Å². The highest BCUT2D eigenvalue weighted by molar-refractivity contribution is 8.80. The van der Waals surface area contributed by atoms with Gasteiger partial charge in [-0.25, -0.2) is 0 Å². The first-order chi connectivity index (χ1) is 32.7. The molecular formula is C54H40N4P4S4-2. The number of rotatable bonds is 19. The molecule has 0 unspecified atom stereocenters. The average molecular weight is 997 g/mol. The van der Waals surface area contributed by atoms with E-state index in [1.807, 2.05) is 48.5 Å². The smallest absolute Gasteiger partial charge is 0.138 e. The number of thioether (sulfide) groups is 2. The summed E-state index contributed by atoms with van der Waals surface area (Å²) in [7, 11) is -2.00. The van der Waals surface area contributed by atoms with Gasteiger partial charge in [0.2, 0.25) is 0 Å². The summed E-state index contributed by atoms with van der Waals surface area (Å²) < 4.78 is 1.77. The van der Waals surface area contributed by atoms with Crippen molar-refractivity contribution in [1.82, 2.24) is 0 Å². The summed E-state index contributed by atoms with van der Waals surface area (Å²) in [6.07, 6.45) is 0. The van der Waals surface area contributed by atoms with Gasteiger partial charge >= 0.3 is 0 Å². The molecule has 8 rings (SSSR count). The predicted molar refractivity (Wildman–Crippen MR) is 299 cm³/mol. The summed E-state index contributed by atoms with van der Waals surface area (Å²) in [6, 6.07) is 83.8. The minimum absolute atomic E-state index is 0.755. The fraction of sp³-hybridized carbons (Fsp3) is 0. The Bertz CT molecular complexity index is 2530. The van der Waals surface area contributed by atoms with Gasteiger partial charge in [-0.15, -0.1) is 16.1 Å². The summed E-state index contributed by atoms with van der Waals surface area (Å²) in [6.45, 7) is 0. The molecule has 0 atom stereocenters. The largest absolute Gasteiger partial charge is 0.646 e. The molecule has 8 aromatic rings.